The standard InChI is InChI=1S/C26H29ClN2O4/c1-3-19(16-6-7-16)23(21(27)4-2)25(31)29-22-13-15(14-30)5-12-20(22)24(28-29)17-8-10-18(11-9-17)26(32)33/h3-4,8,14-16,18H,1,5-7,9-13H2,2H3,(H,32,33)/b21-4+,23-19-. The van der Waals surface area contributed by atoms with Crippen LogP contribution in [0.1, 0.15) is 67.2 Å². The van der Waals surface area contributed by atoms with Gasteiger partial charge in [0, 0.05) is 16.5 Å². The number of carboxylic acids is 1. The van der Waals surface area contributed by atoms with Gasteiger partial charge in [-0.2, -0.15) is 9.78 Å². The lowest BCUT2D eigenvalue weighted by Gasteiger charge is -2.21. The number of nitrogens with zero attached hydrogens (tertiary/aromatic N) is 2. The van der Waals surface area contributed by atoms with Crippen LogP contribution in [0, 0.1) is 17.8 Å². The highest BCUT2D eigenvalue weighted by atomic mass is 35.5. The van der Waals surface area contributed by atoms with E-state index in [1.165, 1.54) is 4.68 Å². The van der Waals surface area contributed by atoms with Gasteiger partial charge in [-0.25, -0.2) is 0 Å². The van der Waals surface area contributed by atoms with Crippen molar-refractivity contribution < 1.29 is 19.5 Å². The molecule has 1 fully saturated rings. The molecule has 174 valence electrons. The summed E-state index contributed by atoms with van der Waals surface area (Å²) >= 11 is 6.53. The van der Waals surface area contributed by atoms with Crippen molar-refractivity contribution in [2.75, 3.05) is 0 Å². The quantitative estimate of drug-likeness (QED) is 0.340. The summed E-state index contributed by atoms with van der Waals surface area (Å²) in [7, 11) is 0. The molecule has 1 N–H and O–H groups in total. The third kappa shape index (κ3) is 4.54. The number of carbonyl (C=O) groups excluding carboxylic acids is 2. The molecule has 2 unspecified atom stereocenters. The SMILES string of the molecule is C=C/C(=C(C(=O)n1nc(C2=CCC(C(=O)O)CC2)c2c1CC(C=O)CC2)\C(Cl)=C/C)C1CC1. The summed E-state index contributed by atoms with van der Waals surface area (Å²) in [6, 6.07) is 0. The number of hydrogen-bond donors (Lipinski definition) is 1. The molecule has 1 aromatic rings. The average molecular weight is 469 g/mol. The van der Waals surface area contributed by atoms with Crippen LogP contribution in [0.2, 0.25) is 0 Å². The molecule has 33 heavy (non-hydrogen) atoms. The molecule has 0 radical (unpaired) electrons. The van der Waals surface area contributed by atoms with Gasteiger partial charge >= 0.3 is 5.97 Å². The number of rotatable bonds is 7. The molecule has 0 saturated heterocycles. The summed E-state index contributed by atoms with van der Waals surface area (Å²) in [6.07, 6.45) is 11.8. The summed E-state index contributed by atoms with van der Waals surface area (Å²) < 4.78 is 1.44. The van der Waals surface area contributed by atoms with Crippen molar-refractivity contribution in [3.63, 3.8) is 0 Å². The Morgan fingerprint density at radius 3 is 2.52 bits per heavy atom. The fraction of sp³-hybridized carbons (Fsp3) is 0.462. The Morgan fingerprint density at radius 2 is 1.97 bits per heavy atom. The van der Waals surface area contributed by atoms with E-state index in [4.69, 9.17) is 16.7 Å². The maximum absolute atomic E-state index is 13.9. The van der Waals surface area contributed by atoms with Crippen molar-refractivity contribution in [1.29, 1.82) is 0 Å². The van der Waals surface area contributed by atoms with Crippen molar-refractivity contribution in [1.82, 2.24) is 9.78 Å². The maximum Gasteiger partial charge on any atom is 0.306 e. The highest BCUT2D eigenvalue weighted by molar-refractivity contribution is 6.35. The van der Waals surface area contributed by atoms with Gasteiger partial charge in [-0.3, -0.25) is 9.59 Å². The first-order chi connectivity index (χ1) is 15.9. The molecule has 0 amide bonds. The van der Waals surface area contributed by atoms with E-state index in [2.05, 4.69) is 6.58 Å². The van der Waals surface area contributed by atoms with Crippen LogP contribution in [-0.4, -0.2) is 33.0 Å². The van der Waals surface area contributed by atoms with E-state index in [0.29, 0.717) is 49.1 Å². The fourth-order valence-electron chi connectivity index (χ4n) is 4.93. The molecule has 0 bridgehead atoms. The minimum Gasteiger partial charge on any atom is -0.481 e. The van der Waals surface area contributed by atoms with Crippen LogP contribution in [0.4, 0.5) is 0 Å². The fourth-order valence-corrected chi connectivity index (χ4v) is 5.12. The van der Waals surface area contributed by atoms with E-state index in [-0.39, 0.29) is 23.7 Å². The lowest BCUT2D eigenvalue weighted by atomic mass is 9.83. The van der Waals surface area contributed by atoms with Gasteiger partial charge in [0.2, 0.25) is 0 Å². The van der Waals surface area contributed by atoms with Crippen molar-refractivity contribution in [3.05, 3.63) is 57.9 Å². The normalized spacial score (nSPS) is 23.8. The minimum atomic E-state index is -0.783. The van der Waals surface area contributed by atoms with E-state index in [1.54, 1.807) is 19.1 Å². The first-order valence-electron chi connectivity index (χ1n) is 11.6. The summed E-state index contributed by atoms with van der Waals surface area (Å²) in [5.41, 5.74) is 4.76. The molecule has 1 saturated carbocycles. The van der Waals surface area contributed by atoms with Gasteiger partial charge < -0.3 is 9.90 Å². The molecule has 4 rings (SSSR count). The van der Waals surface area contributed by atoms with Gasteiger partial charge in [0.1, 0.15) is 6.29 Å². The van der Waals surface area contributed by atoms with Crippen LogP contribution in [0.3, 0.4) is 0 Å². The van der Waals surface area contributed by atoms with E-state index >= 15 is 0 Å². The molecular weight excluding hydrogens is 440 g/mol. The van der Waals surface area contributed by atoms with Gasteiger partial charge in [-0.1, -0.05) is 36.4 Å². The Labute approximate surface area is 198 Å². The minimum absolute atomic E-state index is 0.155. The third-order valence-electron chi connectivity index (χ3n) is 6.99. The maximum atomic E-state index is 13.9. The zero-order valence-corrected chi connectivity index (χ0v) is 19.6. The average Bonchev–Trinajstić information content (AvgIpc) is 3.61. The Kier molecular flexibility index (Phi) is 6.84. The third-order valence-corrected chi connectivity index (χ3v) is 7.40. The molecule has 0 spiro atoms. The topological polar surface area (TPSA) is 89.3 Å². The molecule has 0 aromatic carbocycles. The number of hydrogen-bond acceptors (Lipinski definition) is 4. The molecule has 1 heterocycles. The number of allylic oxidation sites excluding steroid dienone is 7. The summed E-state index contributed by atoms with van der Waals surface area (Å²) in [5.74, 6) is -1.34. The van der Waals surface area contributed by atoms with Crippen LogP contribution >= 0.6 is 11.6 Å². The molecular formula is C26H29ClN2O4. The number of aromatic nitrogens is 2. The molecule has 0 aliphatic heterocycles. The predicted octanol–water partition coefficient (Wildman–Crippen LogP) is 5.13. The zero-order valence-electron chi connectivity index (χ0n) is 18.8. The van der Waals surface area contributed by atoms with Crippen LogP contribution < -0.4 is 0 Å². The van der Waals surface area contributed by atoms with Gasteiger partial charge in [0.25, 0.3) is 5.91 Å². The largest absolute Gasteiger partial charge is 0.481 e. The van der Waals surface area contributed by atoms with E-state index in [0.717, 1.165) is 47.2 Å². The van der Waals surface area contributed by atoms with Crippen molar-refractivity contribution in [2.24, 2.45) is 17.8 Å². The number of aliphatic carboxylic acids is 1. The van der Waals surface area contributed by atoms with E-state index in [9.17, 15) is 19.5 Å². The van der Waals surface area contributed by atoms with Crippen molar-refractivity contribution >= 4 is 35.3 Å². The number of fused-ring (bicyclic) bond motifs is 1. The molecule has 3 aliphatic carbocycles. The van der Waals surface area contributed by atoms with Crippen LogP contribution in [0.15, 0.2) is 41.0 Å². The van der Waals surface area contributed by atoms with Crippen LogP contribution in [0.25, 0.3) is 5.57 Å². The lowest BCUT2D eigenvalue weighted by Crippen LogP contribution is -2.24. The Balaban J connectivity index is 1.81. The van der Waals surface area contributed by atoms with E-state index in [1.807, 2.05) is 6.08 Å². The van der Waals surface area contributed by atoms with Crippen LogP contribution in [0.5, 0.6) is 0 Å². The Hall–Kier alpha value is -2.73. The second-order valence-corrected chi connectivity index (χ2v) is 9.52. The Bertz CT molecular complexity index is 1100. The van der Waals surface area contributed by atoms with Crippen molar-refractivity contribution in [3.8, 4) is 0 Å². The lowest BCUT2D eigenvalue weighted by molar-refractivity contribution is -0.141. The van der Waals surface area contributed by atoms with E-state index < -0.39 is 5.97 Å². The number of halogens is 1. The highest BCUT2D eigenvalue weighted by Gasteiger charge is 2.35. The van der Waals surface area contributed by atoms with Gasteiger partial charge in [0.15, 0.2) is 0 Å². The van der Waals surface area contributed by atoms with Gasteiger partial charge in [-0.05, 0) is 75.4 Å². The molecule has 3 aliphatic rings. The first-order valence-corrected chi connectivity index (χ1v) is 12.0. The highest BCUT2D eigenvalue weighted by Crippen LogP contribution is 2.42. The summed E-state index contributed by atoms with van der Waals surface area (Å²) in [5, 5.41) is 14.5. The zero-order chi connectivity index (χ0) is 23.7. The molecule has 7 heteroatoms. The molecule has 6 nitrogen and oxygen atoms in total. The molecule has 2 atom stereocenters. The second kappa shape index (κ2) is 9.64. The first kappa shape index (κ1) is 23.4. The smallest absolute Gasteiger partial charge is 0.306 e. The van der Waals surface area contributed by atoms with Gasteiger partial charge in [0.05, 0.1) is 22.9 Å². The predicted molar refractivity (Wildman–Crippen MR) is 127 cm³/mol. The van der Waals surface area contributed by atoms with Crippen LogP contribution in [-0.2, 0) is 22.4 Å². The molecule has 1 aromatic heterocycles. The van der Waals surface area contributed by atoms with Gasteiger partial charge in [-0.15, -0.1) is 0 Å². The number of carboxylic acid groups (broad SMARTS) is 1. The summed E-state index contributed by atoms with van der Waals surface area (Å²) in [6.45, 7) is 5.71. The summed E-state index contributed by atoms with van der Waals surface area (Å²) in [4.78, 5) is 36.8. The number of aldehydes is 1. The Morgan fingerprint density at radius 1 is 1.21 bits per heavy atom. The monoisotopic (exact) mass is 468 g/mol. The number of carbonyl (C=O) groups is 3. The second-order valence-electron chi connectivity index (χ2n) is 9.11. The van der Waals surface area contributed by atoms with Crippen molar-refractivity contribution in [2.45, 2.75) is 58.3 Å².